The van der Waals surface area contributed by atoms with Gasteiger partial charge in [-0.2, -0.15) is 0 Å². The van der Waals surface area contributed by atoms with Crippen LogP contribution in [0.15, 0.2) is 30.4 Å². The third kappa shape index (κ3) is 13.8. The zero-order valence-electron chi connectivity index (χ0n) is 18.1. The molecule has 0 heterocycles. The smallest absolute Gasteiger partial charge is 0.339 e. The summed E-state index contributed by atoms with van der Waals surface area (Å²) in [6, 6.07) is 4.81. The molecule has 0 saturated heterocycles. The molecule has 1 aromatic rings. The Morgan fingerprint density at radius 1 is 0.828 bits per heavy atom. The minimum Gasteiger partial charge on any atom is -0.462 e. The lowest BCUT2D eigenvalue weighted by atomic mass is 10.1. The van der Waals surface area contributed by atoms with E-state index in [-0.39, 0.29) is 5.97 Å². The zero-order chi connectivity index (χ0) is 21.2. The van der Waals surface area contributed by atoms with Crippen LogP contribution in [0.5, 0.6) is 0 Å². The molecule has 164 valence electrons. The minimum absolute atomic E-state index is 0.337. The summed E-state index contributed by atoms with van der Waals surface area (Å²) >= 11 is 11.9. The van der Waals surface area contributed by atoms with Crippen molar-refractivity contribution in [1.29, 1.82) is 0 Å². The number of hydrogen-bond acceptors (Lipinski definition) is 2. The maximum absolute atomic E-state index is 12.0. The van der Waals surface area contributed by atoms with Crippen LogP contribution in [0.25, 0.3) is 0 Å². The molecule has 1 aromatic carbocycles. The predicted octanol–water partition coefficient (Wildman–Crippen LogP) is 9.19. The van der Waals surface area contributed by atoms with E-state index in [4.69, 9.17) is 27.9 Å². The van der Waals surface area contributed by atoms with Crippen molar-refractivity contribution in [2.75, 3.05) is 6.61 Å². The first-order chi connectivity index (χ1) is 14.1. The van der Waals surface area contributed by atoms with Gasteiger partial charge in [-0.25, -0.2) is 4.79 Å². The standard InChI is InChI=1S/C25H38Cl2O2/c1-2-3-4-5-6-7-8-9-10-11-12-13-14-15-16-17-20-29-25(28)23-19-18-22(26)21-24(23)27/h9-10,18-19,21H,2-8,11-17,20H2,1H3/b10-9-. The van der Waals surface area contributed by atoms with Gasteiger partial charge in [0.15, 0.2) is 0 Å². The Hall–Kier alpha value is -0.990. The zero-order valence-corrected chi connectivity index (χ0v) is 19.6. The van der Waals surface area contributed by atoms with Gasteiger partial charge in [-0.15, -0.1) is 0 Å². The van der Waals surface area contributed by atoms with Crippen molar-refractivity contribution in [3.05, 3.63) is 46.0 Å². The number of halogens is 2. The van der Waals surface area contributed by atoms with Crippen LogP contribution >= 0.6 is 23.2 Å². The van der Waals surface area contributed by atoms with E-state index in [0.29, 0.717) is 22.2 Å². The number of esters is 1. The van der Waals surface area contributed by atoms with Gasteiger partial charge in [0.2, 0.25) is 0 Å². The summed E-state index contributed by atoms with van der Waals surface area (Å²) in [6.07, 6.45) is 22.4. The quantitative estimate of drug-likeness (QED) is 0.137. The molecular formula is C25H38Cl2O2. The summed E-state index contributed by atoms with van der Waals surface area (Å²) in [6.45, 7) is 2.71. The summed E-state index contributed by atoms with van der Waals surface area (Å²) in [5, 5.41) is 0.850. The Balaban J connectivity index is 1.88. The van der Waals surface area contributed by atoms with Gasteiger partial charge in [0.1, 0.15) is 0 Å². The molecule has 4 heteroatoms. The Kier molecular flexibility index (Phi) is 16.0. The molecule has 0 fully saturated rings. The van der Waals surface area contributed by atoms with Crippen LogP contribution in [-0.4, -0.2) is 12.6 Å². The molecule has 0 N–H and O–H groups in total. The minimum atomic E-state index is -0.376. The Bertz CT molecular complexity index is 584. The highest BCUT2D eigenvalue weighted by Crippen LogP contribution is 2.21. The molecule has 0 aromatic heterocycles. The van der Waals surface area contributed by atoms with Crippen molar-refractivity contribution in [3.8, 4) is 0 Å². The molecular weight excluding hydrogens is 403 g/mol. The Morgan fingerprint density at radius 3 is 1.97 bits per heavy atom. The fourth-order valence-corrected chi connectivity index (χ4v) is 3.73. The topological polar surface area (TPSA) is 26.3 Å². The monoisotopic (exact) mass is 440 g/mol. The number of rotatable bonds is 17. The van der Waals surface area contributed by atoms with E-state index >= 15 is 0 Å². The highest BCUT2D eigenvalue weighted by molar-refractivity contribution is 6.36. The molecule has 1 rings (SSSR count). The number of ether oxygens (including phenoxy) is 1. The van der Waals surface area contributed by atoms with Crippen LogP contribution in [0.2, 0.25) is 10.0 Å². The van der Waals surface area contributed by atoms with Gasteiger partial charge >= 0.3 is 5.97 Å². The summed E-state index contributed by atoms with van der Waals surface area (Å²) in [5.74, 6) is -0.376. The van der Waals surface area contributed by atoms with Gasteiger partial charge in [0, 0.05) is 5.02 Å². The van der Waals surface area contributed by atoms with E-state index in [2.05, 4.69) is 19.1 Å². The Labute approximate surface area is 188 Å². The normalized spacial score (nSPS) is 11.3. The molecule has 0 aliphatic rings. The molecule has 0 spiro atoms. The molecule has 0 radical (unpaired) electrons. The van der Waals surface area contributed by atoms with Gasteiger partial charge < -0.3 is 4.74 Å². The fourth-order valence-electron chi connectivity index (χ4n) is 3.25. The fraction of sp³-hybridized carbons (Fsp3) is 0.640. The van der Waals surface area contributed by atoms with Crippen molar-refractivity contribution < 1.29 is 9.53 Å². The van der Waals surface area contributed by atoms with Crippen molar-refractivity contribution in [1.82, 2.24) is 0 Å². The Morgan fingerprint density at radius 2 is 1.38 bits per heavy atom. The maximum Gasteiger partial charge on any atom is 0.339 e. The average molecular weight is 441 g/mol. The van der Waals surface area contributed by atoms with Gasteiger partial charge in [0.05, 0.1) is 17.2 Å². The second kappa shape index (κ2) is 17.8. The van der Waals surface area contributed by atoms with Crippen LogP contribution in [0.3, 0.4) is 0 Å². The first kappa shape index (κ1) is 26.0. The van der Waals surface area contributed by atoms with Crippen LogP contribution in [0.1, 0.15) is 107 Å². The van der Waals surface area contributed by atoms with Gasteiger partial charge in [0.25, 0.3) is 0 Å². The lowest BCUT2D eigenvalue weighted by Crippen LogP contribution is -2.07. The lowest BCUT2D eigenvalue weighted by Gasteiger charge is -2.06. The summed E-state index contributed by atoms with van der Waals surface area (Å²) in [4.78, 5) is 12.0. The van der Waals surface area contributed by atoms with Crippen LogP contribution < -0.4 is 0 Å². The van der Waals surface area contributed by atoms with E-state index < -0.39 is 0 Å². The maximum atomic E-state index is 12.0. The SMILES string of the molecule is CCCCCCCC/C=C\CCCCCCCCOC(=O)c1ccc(Cl)cc1Cl. The van der Waals surface area contributed by atoms with Gasteiger partial charge in [-0.1, -0.05) is 100 Å². The lowest BCUT2D eigenvalue weighted by molar-refractivity contribution is 0.0498. The second-order valence-corrected chi connectivity index (χ2v) is 8.54. The summed E-state index contributed by atoms with van der Waals surface area (Å²) < 4.78 is 5.29. The molecule has 2 nitrogen and oxygen atoms in total. The third-order valence-electron chi connectivity index (χ3n) is 5.04. The number of carbonyl (C=O) groups is 1. The molecule has 0 aliphatic heterocycles. The predicted molar refractivity (Wildman–Crippen MR) is 126 cm³/mol. The van der Waals surface area contributed by atoms with Gasteiger partial charge in [-0.05, 0) is 50.3 Å². The first-order valence-electron chi connectivity index (χ1n) is 11.4. The number of benzene rings is 1. The highest BCUT2D eigenvalue weighted by Gasteiger charge is 2.11. The molecule has 0 bridgehead atoms. The van der Waals surface area contributed by atoms with Crippen molar-refractivity contribution in [2.45, 2.75) is 96.8 Å². The summed E-state index contributed by atoms with van der Waals surface area (Å²) in [5.41, 5.74) is 0.376. The van der Waals surface area contributed by atoms with Crippen LogP contribution in [0, 0.1) is 0 Å². The van der Waals surface area contributed by atoms with E-state index in [1.807, 2.05) is 0 Å². The molecule has 0 atom stereocenters. The van der Waals surface area contributed by atoms with Crippen molar-refractivity contribution >= 4 is 29.2 Å². The molecule has 0 unspecified atom stereocenters. The number of allylic oxidation sites excluding steroid dienone is 2. The van der Waals surface area contributed by atoms with E-state index in [0.717, 1.165) is 12.8 Å². The summed E-state index contributed by atoms with van der Waals surface area (Å²) in [7, 11) is 0. The van der Waals surface area contributed by atoms with Gasteiger partial charge in [-0.3, -0.25) is 0 Å². The van der Waals surface area contributed by atoms with Crippen LogP contribution in [-0.2, 0) is 4.74 Å². The number of carbonyl (C=O) groups excluding carboxylic acids is 1. The van der Waals surface area contributed by atoms with E-state index in [1.54, 1.807) is 18.2 Å². The third-order valence-corrected chi connectivity index (χ3v) is 5.59. The second-order valence-electron chi connectivity index (χ2n) is 7.70. The highest BCUT2D eigenvalue weighted by atomic mass is 35.5. The first-order valence-corrected chi connectivity index (χ1v) is 12.2. The number of hydrogen-bond donors (Lipinski definition) is 0. The average Bonchev–Trinajstić information content (AvgIpc) is 2.70. The van der Waals surface area contributed by atoms with E-state index in [9.17, 15) is 4.79 Å². The molecule has 0 amide bonds. The number of unbranched alkanes of at least 4 members (excludes halogenated alkanes) is 12. The molecule has 0 aliphatic carbocycles. The molecule has 0 saturated carbocycles. The largest absolute Gasteiger partial charge is 0.462 e. The van der Waals surface area contributed by atoms with Crippen molar-refractivity contribution in [2.24, 2.45) is 0 Å². The molecule has 29 heavy (non-hydrogen) atoms. The van der Waals surface area contributed by atoms with Crippen molar-refractivity contribution in [3.63, 3.8) is 0 Å². The van der Waals surface area contributed by atoms with Crippen LogP contribution in [0.4, 0.5) is 0 Å². The van der Waals surface area contributed by atoms with E-state index in [1.165, 1.54) is 77.0 Å².